The van der Waals surface area contributed by atoms with Crippen molar-refractivity contribution in [1.82, 2.24) is 0 Å². The SMILES string of the molecule is C=CCCCC1C(=O)OC(C)(C)OC1=O. The molecule has 0 aromatic rings. The Morgan fingerprint density at radius 2 is 1.87 bits per heavy atom. The van der Waals surface area contributed by atoms with Gasteiger partial charge in [-0.05, 0) is 19.3 Å². The van der Waals surface area contributed by atoms with Crippen LogP contribution in [-0.4, -0.2) is 17.7 Å². The normalized spacial score (nSPS) is 20.7. The quantitative estimate of drug-likeness (QED) is 0.308. The molecule has 0 N–H and O–H groups in total. The lowest BCUT2D eigenvalue weighted by atomic mass is 10.0. The topological polar surface area (TPSA) is 52.6 Å². The van der Waals surface area contributed by atoms with E-state index in [0.29, 0.717) is 6.42 Å². The number of allylic oxidation sites excluding steroid dienone is 1. The Morgan fingerprint density at radius 3 is 2.33 bits per heavy atom. The highest BCUT2D eigenvalue weighted by Crippen LogP contribution is 2.25. The van der Waals surface area contributed by atoms with Gasteiger partial charge in [-0.2, -0.15) is 0 Å². The van der Waals surface area contributed by atoms with Gasteiger partial charge in [-0.25, -0.2) is 0 Å². The summed E-state index contributed by atoms with van der Waals surface area (Å²) in [6.45, 7) is 6.66. The highest BCUT2D eigenvalue weighted by Gasteiger charge is 2.42. The first-order chi connectivity index (χ1) is 6.96. The van der Waals surface area contributed by atoms with Gasteiger partial charge in [0.2, 0.25) is 0 Å². The van der Waals surface area contributed by atoms with Gasteiger partial charge in [0.1, 0.15) is 0 Å². The van der Waals surface area contributed by atoms with Gasteiger partial charge < -0.3 is 9.47 Å². The average molecular weight is 212 g/mol. The molecule has 0 aromatic carbocycles. The van der Waals surface area contributed by atoms with Gasteiger partial charge in [-0.15, -0.1) is 6.58 Å². The Kier molecular flexibility index (Phi) is 3.50. The monoisotopic (exact) mass is 212 g/mol. The standard InChI is InChI=1S/C11H16O4/c1-4-5-6-7-8-9(12)14-11(2,3)15-10(8)13/h4,8H,1,5-7H2,2-3H3. The first-order valence-electron chi connectivity index (χ1n) is 5.03. The number of esters is 2. The molecule has 1 rings (SSSR count). The maximum absolute atomic E-state index is 11.5. The van der Waals surface area contributed by atoms with Crippen LogP contribution in [0, 0.1) is 5.92 Å². The van der Waals surface area contributed by atoms with E-state index in [-0.39, 0.29) is 0 Å². The van der Waals surface area contributed by atoms with E-state index in [2.05, 4.69) is 6.58 Å². The molecule has 1 saturated heterocycles. The van der Waals surface area contributed by atoms with Gasteiger partial charge in [0.25, 0.3) is 5.79 Å². The predicted molar refractivity (Wildman–Crippen MR) is 53.8 cm³/mol. The maximum atomic E-state index is 11.5. The average Bonchev–Trinajstić information content (AvgIpc) is 2.08. The summed E-state index contributed by atoms with van der Waals surface area (Å²) in [6, 6.07) is 0. The number of carbonyl (C=O) groups excluding carboxylic acids is 2. The number of carbonyl (C=O) groups is 2. The van der Waals surface area contributed by atoms with Crippen LogP contribution in [0.2, 0.25) is 0 Å². The zero-order valence-electron chi connectivity index (χ0n) is 9.12. The highest BCUT2D eigenvalue weighted by atomic mass is 16.7. The smallest absolute Gasteiger partial charge is 0.323 e. The third kappa shape index (κ3) is 3.08. The van der Waals surface area contributed by atoms with E-state index in [1.165, 1.54) is 0 Å². The summed E-state index contributed by atoms with van der Waals surface area (Å²) in [6.07, 6.45) is 3.72. The number of hydrogen-bond donors (Lipinski definition) is 0. The molecule has 0 unspecified atom stereocenters. The molecule has 0 aliphatic carbocycles. The Hall–Kier alpha value is -1.32. The van der Waals surface area contributed by atoms with Crippen LogP contribution in [-0.2, 0) is 19.1 Å². The number of ether oxygens (including phenoxy) is 2. The van der Waals surface area contributed by atoms with Crippen molar-refractivity contribution < 1.29 is 19.1 Å². The van der Waals surface area contributed by atoms with Crippen LogP contribution in [0.25, 0.3) is 0 Å². The molecule has 0 saturated carbocycles. The number of cyclic esters (lactones) is 2. The zero-order chi connectivity index (χ0) is 11.5. The molecule has 0 atom stereocenters. The highest BCUT2D eigenvalue weighted by molar-refractivity contribution is 5.96. The lowest BCUT2D eigenvalue weighted by molar-refractivity contribution is -0.240. The molecule has 4 heteroatoms. The second-order valence-corrected chi connectivity index (χ2v) is 4.01. The summed E-state index contributed by atoms with van der Waals surface area (Å²) in [5, 5.41) is 0. The second-order valence-electron chi connectivity index (χ2n) is 4.01. The fourth-order valence-corrected chi connectivity index (χ4v) is 1.45. The van der Waals surface area contributed by atoms with Gasteiger partial charge in [0.05, 0.1) is 0 Å². The van der Waals surface area contributed by atoms with Crippen molar-refractivity contribution in [1.29, 1.82) is 0 Å². The molecule has 0 bridgehead atoms. The summed E-state index contributed by atoms with van der Waals surface area (Å²) in [4.78, 5) is 22.9. The summed E-state index contributed by atoms with van der Waals surface area (Å²) < 4.78 is 9.96. The molecule has 0 spiro atoms. The van der Waals surface area contributed by atoms with E-state index in [0.717, 1.165) is 12.8 Å². The molecule has 1 aliphatic heterocycles. The lowest BCUT2D eigenvalue weighted by Gasteiger charge is -2.32. The van der Waals surface area contributed by atoms with Crippen molar-refractivity contribution in [2.24, 2.45) is 5.92 Å². The van der Waals surface area contributed by atoms with Crippen molar-refractivity contribution >= 4 is 11.9 Å². The first-order valence-corrected chi connectivity index (χ1v) is 5.03. The van der Waals surface area contributed by atoms with E-state index in [1.54, 1.807) is 19.9 Å². The van der Waals surface area contributed by atoms with Crippen LogP contribution in [0.15, 0.2) is 12.7 Å². The molecule has 0 amide bonds. The van der Waals surface area contributed by atoms with Gasteiger partial charge in [0.15, 0.2) is 5.92 Å². The Balaban J connectivity index is 2.55. The summed E-state index contributed by atoms with van der Waals surface area (Å²) >= 11 is 0. The van der Waals surface area contributed by atoms with Gasteiger partial charge in [-0.3, -0.25) is 9.59 Å². The number of hydrogen-bond acceptors (Lipinski definition) is 4. The molecular formula is C11H16O4. The van der Waals surface area contributed by atoms with Crippen molar-refractivity contribution in [3.63, 3.8) is 0 Å². The van der Waals surface area contributed by atoms with Crippen molar-refractivity contribution in [3.05, 3.63) is 12.7 Å². The van der Waals surface area contributed by atoms with Crippen LogP contribution < -0.4 is 0 Å². The van der Waals surface area contributed by atoms with E-state index < -0.39 is 23.6 Å². The molecule has 0 aromatic heterocycles. The fraction of sp³-hybridized carbons (Fsp3) is 0.636. The minimum absolute atomic E-state index is 0.458. The van der Waals surface area contributed by atoms with E-state index in [9.17, 15) is 9.59 Å². The molecule has 15 heavy (non-hydrogen) atoms. The van der Waals surface area contributed by atoms with Crippen LogP contribution in [0.5, 0.6) is 0 Å². The number of unbranched alkanes of at least 4 members (excludes halogenated alkanes) is 1. The van der Waals surface area contributed by atoms with Crippen molar-refractivity contribution in [3.8, 4) is 0 Å². The third-order valence-corrected chi connectivity index (χ3v) is 2.16. The largest absolute Gasteiger partial charge is 0.422 e. The summed E-state index contributed by atoms with van der Waals surface area (Å²) in [7, 11) is 0. The minimum atomic E-state index is -1.12. The molecule has 84 valence electrons. The molecule has 4 nitrogen and oxygen atoms in total. The molecular weight excluding hydrogens is 196 g/mol. The van der Waals surface area contributed by atoms with Crippen LogP contribution >= 0.6 is 0 Å². The van der Waals surface area contributed by atoms with Crippen LogP contribution in [0.1, 0.15) is 33.1 Å². The van der Waals surface area contributed by atoms with E-state index in [1.807, 2.05) is 0 Å². The second kappa shape index (κ2) is 4.47. The predicted octanol–water partition coefficient (Wildman–Crippen LogP) is 1.79. The molecule has 1 fully saturated rings. The third-order valence-electron chi connectivity index (χ3n) is 2.16. The maximum Gasteiger partial charge on any atom is 0.323 e. The first kappa shape index (κ1) is 11.8. The Bertz CT molecular complexity index is 260. The number of rotatable bonds is 4. The van der Waals surface area contributed by atoms with Gasteiger partial charge in [0, 0.05) is 13.8 Å². The van der Waals surface area contributed by atoms with E-state index >= 15 is 0 Å². The summed E-state index contributed by atoms with van der Waals surface area (Å²) in [5.41, 5.74) is 0. The molecule has 1 aliphatic rings. The molecule has 0 radical (unpaired) electrons. The van der Waals surface area contributed by atoms with Crippen LogP contribution in [0.4, 0.5) is 0 Å². The zero-order valence-corrected chi connectivity index (χ0v) is 9.12. The molecule has 1 heterocycles. The lowest BCUT2D eigenvalue weighted by Crippen LogP contribution is -2.46. The van der Waals surface area contributed by atoms with Gasteiger partial charge in [-0.1, -0.05) is 6.08 Å². The summed E-state index contributed by atoms with van der Waals surface area (Å²) in [5.74, 6) is -2.86. The van der Waals surface area contributed by atoms with Crippen molar-refractivity contribution in [2.75, 3.05) is 0 Å². The fourth-order valence-electron chi connectivity index (χ4n) is 1.45. The van der Waals surface area contributed by atoms with E-state index in [4.69, 9.17) is 9.47 Å². The minimum Gasteiger partial charge on any atom is -0.422 e. The van der Waals surface area contributed by atoms with Crippen LogP contribution in [0.3, 0.4) is 0 Å². The van der Waals surface area contributed by atoms with Crippen molar-refractivity contribution in [2.45, 2.75) is 38.9 Å². The Morgan fingerprint density at radius 1 is 1.33 bits per heavy atom. The van der Waals surface area contributed by atoms with Gasteiger partial charge >= 0.3 is 11.9 Å². The Labute approximate surface area is 89.2 Å².